The highest BCUT2D eigenvalue weighted by molar-refractivity contribution is 5.86. The standard InChI is InChI=1S/C13H17NO6/c1-8(12(16)14-11(7-15)13(17)18)20-10-5-3-9(19-2)4-6-10/h3-6,8,11,15H,7H2,1-2H3,(H,14,16)(H,17,18). The van der Waals surface area contributed by atoms with Crippen molar-refractivity contribution in [2.45, 2.75) is 19.1 Å². The topological polar surface area (TPSA) is 105 Å². The van der Waals surface area contributed by atoms with Gasteiger partial charge in [0.05, 0.1) is 13.7 Å². The highest BCUT2D eigenvalue weighted by Crippen LogP contribution is 2.18. The van der Waals surface area contributed by atoms with Crippen molar-refractivity contribution in [3.8, 4) is 11.5 Å². The number of carboxylic acids is 1. The molecular formula is C13H17NO6. The molecule has 0 aliphatic rings. The third-order valence-electron chi connectivity index (χ3n) is 2.54. The predicted molar refractivity (Wildman–Crippen MR) is 69.7 cm³/mol. The highest BCUT2D eigenvalue weighted by Gasteiger charge is 2.23. The van der Waals surface area contributed by atoms with E-state index in [4.69, 9.17) is 19.7 Å². The van der Waals surface area contributed by atoms with E-state index in [1.165, 1.54) is 14.0 Å². The summed E-state index contributed by atoms with van der Waals surface area (Å²) in [5.74, 6) is -0.829. The minimum atomic E-state index is -1.34. The van der Waals surface area contributed by atoms with Gasteiger partial charge in [0.25, 0.3) is 5.91 Å². The first kappa shape index (κ1) is 15.8. The molecule has 0 bridgehead atoms. The molecule has 1 rings (SSSR count). The van der Waals surface area contributed by atoms with Crippen LogP contribution in [-0.2, 0) is 9.59 Å². The number of amides is 1. The first-order valence-electron chi connectivity index (χ1n) is 5.92. The molecule has 7 nitrogen and oxygen atoms in total. The quantitative estimate of drug-likeness (QED) is 0.652. The molecule has 0 heterocycles. The van der Waals surface area contributed by atoms with Gasteiger partial charge in [-0.3, -0.25) is 4.79 Å². The zero-order valence-electron chi connectivity index (χ0n) is 11.2. The van der Waals surface area contributed by atoms with Crippen molar-refractivity contribution in [1.82, 2.24) is 5.32 Å². The number of aliphatic hydroxyl groups is 1. The molecule has 0 aromatic heterocycles. The third-order valence-corrected chi connectivity index (χ3v) is 2.54. The Labute approximate surface area is 116 Å². The number of carbonyl (C=O) groups excluding carboxylic acids is 1. The van der Waals surface area contributed by atoms with Gasteiger partial charge >= 0.3 is 5.97 Å². The molecule has 0 fully saturated rings. The number of rotatable bonds is 7. The molecule has 0 radical (unpaired) electrons. The Morgan fingerprint density at radius 3 is 2.25 bits per heavy atom. The lowest BCUT2D eigenvalue weighted by atomic mass is 10.2. The summed E-state index contributed by atoms with van der Waals surface area (Å²) in [5.41, 5.74) is 0. The third kappa shape index (κ3) is 4.43. The van der Waals surface area contributed by atoms with Crippen molar-refractivity contribution in [1.29, 1.82) is 0 Å². The summed E-state index contributed by atoms with van der Waals surface area (Å²) in [7, 11) is 1.53. The van der Waals surface area contributed by atoms with Gasteiger partial charge in [0.15, 0.2) is 6.10 Å². The molecular weight excluding hydrogens is 266 g/mol. The Morgan fingerprint density at radius 2 is 1.80 bits per heavy atom. The minimum absolute atomic E-state index is 0.448. The summed E-state index contributed by atoms with van der Waals surface area (Å²) >= 11 is 0. The number of benzene rings is 1. The van der Waals surface area contributed by atoms with Crippen LogP contribution in [0.15, 0.2) is 24.3 Å². The average Bonchev–Trinajstić information content (AvgIpc) is 2.44. The normalized spacial score (nSPS) is 13.2. The Kier molecular flexibility index (Phi) is 5.79. The van der Waals surface area contributed by atoms with E-state index in [-0.39, 0.29) is 0 Å². The molecule has 1 amide bonds. The summed E-state index contributed by atoms with van der Waals surface area (Å²) in [5, 5.41) is 19.7. The molecule has 0 spiro atoms. The van der Waals surface area contributed by atoms with Crippen molar-refractivity contribution in [3.05, 3.63) is 24.3 Å². The first-order chi connectivity index (χ1) is 9.47. The van der Waals surface area contributed by atoms with Gasteiger partial charge in [-0.2, -0.15) is 0 Å². The molecule has 1 aromatic carbocycles. The molecule has 110 valence electrons. The lowest BCUT2D eigenvalue weighted by Gasteiger charge is -2.17. The molecule has 0 aliphatic carbocycles. The van der Waals surface area contributed by atoms with E-state index < -0.39 is 30.6 Å². The summed E-state index contributed by atoms with van der Waals surface area (Å²) in [6.45, 7) is 0.798. The highest BCUT2D eigenvalue weighted by atomic mass is 16.5. The number of ether oxygens (including phenoxy) is 2. The van der Waals surface area contributed by atoms with Crippen LogP contribution in [0.2, 0.25) is 0 Å². The van der Waals surface area contributed by atoms with Crippen LogP contribution in [0.5, 0.6) is 11.5 Å². The van der Waals surface area contributed by atoms with Crippen LogP contribution in [0.3, 0.4) is 0 Å². The fourth-order valence-electron chi connectivity index (χ4n) is 1.39. The van der Waals surface area contributed by atoms with Gasteiger partial charge in [-0.05, 0) is 31.2 Å². The van der Waals surface area contributed by atoms with E-state index in [9.17, 15) is 9.59 Å². The molecule has 2 unspecified atom stereocenters. The van der Waals surface area contributed by atoms with Gasteiger partial charge < -0.3 is 25.0 Å². The van der Waals surface area contributed by atoms with Crippen LogP contribution < -0.4 is 14.8 Å². The maximum absolute atomic E-state index is 11.7. The number of aliphatic hydroxyl groups excluding tert-OH is 1. The minimum Gasteiger partial charge on any atom is -0.497 e. The van der Waals surface area contributed by atoms with Gasteiger partial charge in [0.1, 0.15) is 17.5 Å². The van der Waals surface area contributed by atoms with Gasteiger partial charge in [-0.15, -0.1) is 0 Å². The maximum atomic E-state index is 11.7. The van der Waals surface area contributed by atoms with Crippen molar-refractivity contribution >= 4 is 11.9 Å². The monoisotopic (exact) mass is 283 g/mol. The van der Waals surface area contributed by atoms with Crippen LogP contribution in [0, 0.1) is 0 Å². The molecule has 2 atom stereocenters. The van der Waals surface area contributed by atoms with Crippen molar-refractivity contribution in [2.75, 3.05) is 13.7 Å². The molecule has 0 saturated heterocycles. The van der Waals surface area contributed by atoms with Crippen LogP contribution in [0.1, 0.15) is 6.92 Å². The number of nitrogens with one attached hydrogen (secondary N) is 1. The fraction of sp³-hybridized carbons (Fsp3) is 0.385. The van der Waals surface area contributed by atoms with E-state index in [0.29, 0.717) is 11.5 Å². The number of methoxy groups -OCH3 is 1. The summed E-state index contributed by atoms with van der Waals surface area (Å²) in [6, 6.07) is 5.26. The maximum Gasteiger partial charge on any atom is 0.328 e. The molecule has 20 heavy (non-hydrogen) atoms. The van der Waals surface area contributed by atoms with Crippen molar-refractivity contribution in [3.63, 3.8) is 0 Å². The molecule has 3 N–H and O–H groups in total. The smallest absolute Gasteiger partial charge is 0.328 e. The van der Waals surface area contributed by atoms with E-state index in [2.05, 4.69) is 5.32 Å². The largest absolute Gasteiger partial charge is 0.497 e. The Morgan fingerprint density at radius 1 is 1.25 bits per heavy atom. The van der Waals surface area contributed by atoms with Crippen LogP contribution in [0.4, 0.5) is 0 Å². The first-order valence-corrected chi connectivity index (χ1v) is 5.92. The fourth-order valence-corrected chi connectivity index (χ4v) is 1.39. The second-order valence-corrected chi connectivity index (χ2v) is 4.02. The van der Waals surface area contributed by atoms with Gasteiger partial charge in [-0.25, -0.2) is 4.79 Å². The number of aliphatic carboxylic acids is 1. The Bertz CT molecular complexity index is 458. The van der Waals surface area contributed by atoms with Gasteiger partial charge in [-0.1, -0.05) is 0 Å². The van der Waals surface area contributed by atoms with Crippen LogP contribution in [-0.4, -0.2) is 48.0 Å². The van der Waals surface area contributed by atoms with E-state index >= 15 is 0 Å². The molecule has 0 saturated carbocycles. The SMILES string of the molecule is COc1ccc(OC(C)C(=O)NC(CO)C(=O)O)cc1. The van der Waals surface area contributed by atoms with Crippen LogP contribution >= 0.6 is 0 Å². The van der Waals surface area contributed by atoms with Crippen molar-refractivity contribution < 1.29 is 29.3 Å². The summed E-state index contributed by atoms with van der Waals surface area (Å²) < 4.78 is 10.3. The van der Waals surface area contributed by atoms with E-state index in [0.717, 1.165) is 0 Å². The van der Waals surface area contributed by atoms with Crippen molar-refractivity contribution in [2.24, 2.45) is 0 Å². The zero-order valence-corrected chi connectivity index (χ0v) is 11.2. The van der Waals surface area contributed by atoms with E-state index in [1.54, 1.807) is 24.3 Å². The lowest BCUT2D eigenvalue weighted by Crippen LogP contribution is -2.48. The number of carbonyl (C=O) groups is 2. The number of hydrogen-bond donors (Lipinski definition) is 3. The zero-order chi connectivity index (χ0) is 15.1. The molecule has 1 aromatic rings. The van der Waals surface area contributed by atoms with Crippen LogP contribution in [0.25, 0.3) is 0 Å². The summed E-state index contributed by atoms with van der Waals surface area (Å²) in [6.07, 6.45) is -0.892. The molecule has 0 aliphatic heterocycles. The summed E-state index contributed by atoms with van der Waals surface area (Å²) in [4.78, 5) is 22.4. The Balaban J connectivity index is 2.58. The molecule has 7 heteroatoms. The van der Waals surface area contributed by atoms with E-state index in [1.807, 2.05) is 0 Å². The van der Waals surface area contributed by atoms with Gasteiger partial charge in [0, 0.05) is 0 Å². The predicted octanol–water partition coefficient (Wildman–Crippen LogP) is 0.0242. The number of carboxylic acid groups (broad SMARTS) is 1. The second-order valence-electron chi connectivity index (χ2n) is 4.02. The number of hydrogen-bond acceptors (Lipinski definition) is 5. The Hall–Kier alpha value is -2.28. The lowest BCUT2D eigenvalue weighted by molar-refractivity contribution is -0.144. The average molecular weight is 283 g/mol. The van der Waals surface area contributed by atoms with Gasteiger partial charge in [0.2, 0.25) is 0 Å². The second kappa shape index (κ2) is 7.34.